The Hall–Kier alpha value is -3.08. The zero-order valence-electron chi connectivity index (χ0n) is 19.8. The molecule has 1 amide bonds. The van der Waals surface area contributed by atoms with E-state index in [9.17, 15) is 39.9 Å². The summed E-state index contributed by atoms with van der Waals surface area (Å²) in [5.74, 6) is -6.76. The van der Waals surface area contributed by atoms with Crippen LogP contribution in [0.1, 0.15) is 49.3 Å². The number of aromatic hydroxyl groups is 1. The van der Waals surface area contributed by atoms with Crippen molar-refractivity contribution in [1.82, 2.24) is 0 Å². The van der Waals surface area contributed by atoms with E-state index in [1.165, 1.54) is 0 Å². The van der Waals surface area contributed by atoms with E-state index in [2.05, 4.69) is 5.32 Å². The summed E-state index contributed by atoms with van der Waals surface area (Å²) < 4.78 is 0. The van der Waals surface area contributed by atoms with Gasteiger partial charge in [-0.25, -0.2) is 0 Å². The van der Waals surface area contributed by atoms with E-state index in [1.807, 2.05) is 13.8 Å². The van der Waals surface area contributed by atoms with Gasteiger partial charge in [0.2, 0.25) is 5.78 Å². The minimum absolute atomic E-state index is 0.0104. The minimum Gasteiger partial charge on any atom is -0.508 e. The average molecular weight is 521 g/mol. The quantitative estimate of drug-likeness (QED) is 0.166. The highest BCUT2D eigenvalue weighted by Crippen LogP contribution is 2.53. The summed E-state index contributed by atoms with van der Waals surface area (Å²) in [5, 5.41) is 57.1. The zero-order chi connectivity index (χ0) is 26.7. The first-order chi connectivity index (χ1) is 16.8. The number of aliphatic hydroxyl groups excluding tert-OH is 3. The van der Waals surface area contributed by atoms with Crippen molar-refractivity contribution in [2.45, 2.75) is 50.7 Å². The molecule has 3 aliphatic rings. The third kappa shape index (κ3) is 3.75. The summed E-state index contributed by atoms with van der Waals surface area (Å²) in [7, 11) is 0. The number of hydrogen-bond acceptors (Lipinski definition) is 9. The Bertz CT molecular complexity index is 1240. The summed E-state index contributed by atoms with van der Waals surface area (Å²) in [6.07, 6.45) is -0.950. The fourth-order valence-electron chi connectivity index (χ4n) is 5.65. The SMILES string of the molecule is CC(C)c1cc(NCC(O)CCl)c(O)c2c1C[C@H]1C[C@H]3CC(=O)C(C(N)=O)=C(O)[C@@]3(O)C(=O)C1=C2O. The topological polar surface area (TPSA) is 190 Å². The molecule has 8 N–H and O–H groups in total. The second-order valence-corrected chi connectivity index (χ2v) is 10.3. The van der Waals surface area contributed by atoms with Gasteiger partial charge in [0, 0.05) is 24.5 Å². The number of Topliss-reactive ketones (excluding diaryl/α,β-unsaturated/α-hetero) is 2. The number of nitrogens with two attached hydrogens (primary N) is 1. The number of rotatable bonds is 6. The molecule has 0 radical (unpaired) electrons. The van der Waals surface area contributed by atoms with Gasteiger partial charge in [0.25, 0.3) is 5.91 Å². The molecule has 3 aliphatic carbocycles. The molecule has 11 heteroatoms. The molecule has 0 heterocycles. The lowest BCUT2D eigenvalue weighted by Gasteiger charge is -2.46. The Labute approximate surface area is 212 Å². The van der Waals surface area contributed by atoms with Crippen LogP contribution in [0.2, 0.25) is 0 Å². The summed E-state index contributed by atoms with van der Waals surface area (Å²) in [6, 6.07) is 1.72. The Morgan fingerprint density at radius 1 is 1.25 bits per heavy atom. The molecule has 194 valence electrons. The summed E-state index contributed by atoms with van der Waals surface area (Å²) >= 11 is 5.65. The highest BCUT2D eigenvalue weighted by molar-refractivity contribution is 6.22. The smallest absolute Gasteiger partial charge is 0.255 e. The Morgan fingerprint density at radius 3 is 2.50 bits per heavy atom. The van der Waals surface area contributed by atoms with Crippen LogP contribution < -0.4 is 11.1 Å². The first kappa shape index (κ1) is 26.0. The number of primary amides is 1. The van der Waals surface area contributed by atoms with E-state index in [-0.39, 0.29) is 60.2 Å². The fraction of sp³-hybridized carbons (Fsp3) is 0.480. The number of alkyl halides is 1. The maximum absolute atomic E-state index is 13.6. The molecular weight excluding hydrogens is 492 g/mol. The van der Waals surface area contributed by atoms with Gasteiger partial charge in [0.05, 0.1) is 23.2 Å². The highest BCUT2D eigenvalue weighted by atomic mass is 35.5. The van der Waals surface area contributed by atoms with Gasteiger partial charge in [-0.3, -0.25) is 14.4 Å². The van der Waals surface area contributed by atoms with Crippen LogP contribution in [0, 0.1) is 11.8 Å². The van der Waals surface area contributed by atoms with E-state index in [4.69, 9.17) is 17.3 Å². The van der Waals surface area contributed by atoms with Gasteiger partial charge in [-0.05, 0) is 41.9 Å². The van der Waals surface area contributed by atoms with Crippen molar-refractivity contribution in [2.75, 3.05) is 17.7 Å². The number of amides is 1. The lowest BCUT2D eigenvalue weighted by molar-refractivity contribution is -0.147. The molecule has 1 aromatic carbocycles. The summed E-state index contributed by atoms with van der Waals surface area (Å²) in [4.78, 5) is 37.8. The monoisotopic (exact) mass is 520 g/mol. The Balaban J connectivity index is 1.90. The van der Waals surface area contributed by atoms with Crippen molar-refractivity contribution in [1.29, 1.82) is 0 Å². The molecular formula is C25H29ClN2O8. The van der Waals surface area contributed by atoms with Crippen LogP contribution in [-0.2, 0) is 20.8 Å². The first-order valence-corrected chi connectivity index (χ1v) is 12.2. The number of hydrogen-bond donors (Lipinski definition) is 7. The van der Waals surface area contributed by atoms with Crippen molar-refractivity contribution < 1.29 is 39.9 Å². The highest BCUT2D eigenvalue weighted by Gasteiger charge is 2.60. The van der Waals surface area contributed by atoms with Crippen LogP contribution in [0.5, 0.6) is 5.75 Å². The van der Waals surface area contributed by atoms with Gasteiger partial charge < -0.3 is 36.6 Å². The molecule has 0 aliphatic heterocycles. The number of fused-ring (bicyclic) bond motifs is 3. The van der Waals surface area contributed by atoms with Gasteiger partial charge >= 0.3 is 0 Å². The lowest BCUT2D eigenvalue weighted by atomic mass is 9.59. The number of halogens is 1. The van der Waals surface area contributed by atoms with Crippen LogP contribution >= 0.6 is 11.6 Å². The van der Waals surface area contributed by atoms with Crippen molar-refractivity contribution in [3.05, 3.63) is 39.7 Å². The van der Waals surface area contributed by atoms with Gasteiger partial charge in [0.15, 0.2) is 11.4 Å². The molecule has 36 heavy (non-hydrogen) atoms. The number of aliphatic hydroxyl groups is 4. The number of carbonyl (C=O) groups is 3. The number of anilines is 1. The average Bonchev–Trinajstić information content (AvgIpc) is 2.80. The number of phenols is 1. The number of ketones is 2. The van der Waals surface area contributed by atoms with Crippen molar-refractivity contribution >= 4 is 40.5 Å². The van der Waals surface area contributed by atoms with Gasteiger partial charge in [-0.15, -0.1) is 11.6 Å². The molecule has 0 spiro atoms. The number of benzene rings is 1. The molecule has 1 aromatic rings. The minimum atomic E-state index is -2.60. The van der Waals surface area contributed by atoms with Gasteiger partial charge in [0.1, 0.15) is 22.8 Å². The lowest BCUT2D eigenvalue weighted by Crippen LogP contribution is -2.58. The molecule has 1 fully saturated rings. The van der Waals surface area contributed by atoms with E-state index < -0.39 is 58.1 Å². The Morgan fingerprint density at radius 2 is 1.92 bits per heavy atom. The molecule has 4 atom stereocenters. The molecule has 0 aromatic heterocycles. The predicted molar refractivity (Wildman–Crippen MR) is 131 cm³/mol. The summed E-state index contributed by atoms with van der Waals surface area (Å²) in [6.45, 7) is 3.88. The maximum Gasteiger partial charge on any atom is 0.255 e. The van der Waals surface area contributed by atoms with Crippen LogP contribution in [0.25, 0.3) is 5.76 Å². The second kappa shape index (κ2) is 9.10. The second-order valence-electron chi connectivity index (χ2n) is 9.97. The van der Waals surface area contributed by atoms with Crippen LogP contribution in [0.4, 0.5) is 5.69 Å². The number of nitrogens with one attached hydrogen (secondary N) is 1. The standard InChI is InChI=1S/C25H29ClN2O8/c1-9(2)13-6-15(28-8-12(29)7-26)20(31)18-14(13)4-10-3-11-5-16(30)19(24(27)35)23(34)25(11,36)22(33)17(10)21(18)32/h6,9-12,28-29,31-32,34,36H,3-5,7-8H2,1-2H3,(H2,27,35)/t10-,11+,12?,25+/m1/s1. The van der Waals surface area contributed by atoms with Crippen LogP contribution in [-0.4, -0.2) is 67.1 Å². The Kier molecular flexibility index (Phi) is 6.57. The maximum atomic E-state index is 13.6. The van der Waals surface area contributed by atoms with Crippen LogP contribution in [0.3, 0.4) is 0 Å². The molecule has 1 unspecified atom stereocenters. The molecule has 0 saturated heterocycles. The zero-order valence-corrected chi connectivity index (χ0v) is 20.6. The first-order valence-electron chi connectivity index (χ1n) is 11.7. The number of phenolic OH excluding ortho intramolecular Hbond substituents is 1. The molecule has 10 nitrogen and oxygen atoms in total. The van der Waals surface area contributed by atoms with E-state index >= 15 is 0 Å². The van der Waals surface area contributed by atoms with Crippen molar-refractivity contribution in [3.63, 3.8) is 0 Å². The van der Waals surface area contributed by atoms with Gasteiger partial charge in [-0.1, -0.05) is 13.8 Å². The largest absolute Gasteiger partial charge is 0.508 e. The molecule has 1 saturated carbocycles. The fourth-order valence-corrected chi connectivity index (χ4v) is 5.76. The molecule has 4 rings (SSSR count). The normalized spacial score (nSPS) is 26.5. The van der Waals surface area contributed by atoms with E-state index in [1.54, 1.807) is 6.07 Å². The predicted octanol–water partition coefficient (Wildman–Crippen LogP) is 1.56. The van der Waals surface area contributed by atoms with Gasteiger partial charge in [-0.2, -0.15) is 0 Å². The molecule has 0 bridgehead atoms. The van der Waals surface area contributed by atoms with E-state index in [0.29, 0.717) is 5.56 Å². The van der Waals surface area contributed by atoms with E-state index in [0.717, 1.165) is 5.56 Å². The van der Waals surface area contributed by atoms with Crippen molar-refractivity contribution in [2.24, 2.45) is 17.6 Å². The summed E-state index contributed by atoms with van der Waals surface area (Å²) in [5.41, 5.74) is 3.22. The third-order valence-corrected chi connectivity index (χ3v) is 7.78. The van der Waals surface area contributed by atoms with Crippen LogP contribution in [0.15, 0.2) is 23.0 Å². The van der Waals surface area contributed by atoms with Crippen molar-refractivity contribution in [3.8, 4) is 5.75 Å². The third-order valence-electron chi connectivity index (χ3n) is 7.43. The number of carbonyl (C=O) groups excluding carboxylic acids is 3.